The fourth-order valence-corrected chi connectivity index (χ4v) is 5.27. The summed E-state index contributed by atoms with van der Waals surface area (Å²) in [5.41, 5.74) is -0.333. The van der Waals surface area contributed by atoms with Crippen molar-refractivity contribution in [3.8, 4) is 0 Å². The second-order valence-electron chi connectivity index (χ2n) is 7.97. The minimum absolute atomic E-state index is 0.367. The largest absolute Gasteiger partial charge is 0.460 e. The van der Waals surface area contributed by atoms with Crippen LogP contribution in [0.3, 0.4) is 0 Å². The van der Waals surface area contributed by atoms with Crippen LogP contribution in [0.2, 0.25) is 0 Å². The van der Waals surface area contributed by atoms with E-state index in [1.165, 1.54) is 0 Å². The maximum atomic E-state index is 12.5. The SMILES string of the molecule is CC1(C)C2OC(=O)C3(CCCOCc4ccccc4)C2C(=O)C(=O)C13. The summed E-state index contributed by atoms with van der Waals surface area (Å²) in [5.74, 6) is -2.30. The van der Waals surface area contributed by atoms with Gasteiger partial charge in [-0.2, -0.15) is 0 Å². The Morgan fingerprint density at radius 1 is 1.08 bits per heavy atom. The van der Waals surface area contributed by atoms with E-state index in [2.05, 4.69) is 0 Å². The van der Waals surface area contributed by atoms with Crippen LogP contribution < -0.4 is 0 Å². The van der Waals surface area contributed by atoms with Crippen LogP contribution in [0, 0.1) is 22.7 Å². The molecule has 1 aliphatic heterocycles. The third-order valence-electron chi connectivity index (χ3n) is 6.24. The highest BCUT2D eigenvalue weighted by molar-refractivity contribution is 6.44. The van der Waals surface area contributed by atoms with E-state index in [0.717, 1.165) is 5.56 Å². The minimum atomic E-state index is -0.960. The summed E-state index contributed by atoms with van der Waals surface area (Å²) in [6.45, 7) is 4.85. The maximum absolute atomic E-state index is 12.5. The first-order chi connectivity index (χ1) is 11.9. The lowest BCUT2D eigenvalue weighted by Gasteiger charge is -2.40. The van der Waals surface area contributed by atoms with E-state index in [4.69, 9.17) is 9.47 Å². The van der Waals surface area contributed by atoms with Gasteiger partial charge in [-0.25, -0.2) is 0 Å². The molecule has 4 bridgehead atoms. The number of benzene rings is 1. The highest BCUT2D eigenvalue weighted by Gasteiger charge is 2.82. The Bertz CT molecular complexity index is 738. The molecule has 1 aromatic rings. The zero-order valence-electron chi connectivity index (χ0n) is 14.5. The summed E-state index contributed by atoms with van der Waals surface area (Å²) in [6, 6.07) is 9.86. The van der Waals surface area contributed by atoms with Gasteiger partial charge in [0.1, 0.15) is 6.10 Å². The first-order valence-electron chi connectivity index (χ1n) is 8.81. The first-order valence-corrected chi connectivity index (χ1v) is 8.81. The lowest BCUT2D eigenvalue weighted by molar-refractivity contribution is -0.173. The van der Waals surface area contributed by atoms with E-state index in [-0.39, 0.29) is 11.8 Å². The van der Waals surface area contributed by atoms with E-state index < -0.39 is 34.6 Å². The Kier molecular flexibility index (Phi) is 3.62. The van der Waals surface area contributed by atoms with Crippen molar-refractivity contribution in [2.75, 3.05) is 6.61 Å². The van der Waals surface area contributed by atoms with Gasteiger partial charge in [0.05, 0.1) is 23.9 Å². The van der Waals surface area contributed by atoms with E-state index in [9.17, 15) is 14.4 Å². The van der Waals surface area contributed by atoms with Crippen LogP contribution in [0.25, 0.3) is 0 Å². The third-order valence-corrected chi connectivity index (χ3v) is 6.24. The number of hydrogen-bond acceptors (Lipinski definition) is 5. The summed E-state index contributed by atoms with van der Waals surface area (Å²) in [5, 5.41) is 0. The number of Topliss-reactive ketones (excluding diaryl/α,β-unsaturated/α-hetero) is 2. The molecule has 132 valence electrons. The van der Waals surface area contributed by atoms with Crippen LogP contribution >= 0.6 is 0 Å². The molecule has 0 radical (unpaired) electrons. The number of carbonyl (C=O) groups excluding carboxylic acids is 3. The van der Waals surface area contributed by atoms with Crippen molar-refractivity contribution in [2.24, 2.45) is 22.7 Å². The average molecular weight is 342 g/mol. The molecule has 3 aliphatic rings. The van der Waals surface area contributed by atoms with Gasteiger partial charge in [0.15, 0.2) is 0 Å². The van der Waals surface area contributed by atoms with Crippen molar-refractivity contribution in [1.82, 2.24) is 0 Å². The zero-order chi connectivity index (χ0) is 17.8. The van der Waals surface area contributed by atoms with E-state index >= 15 is 0 Å². The molecule has 5 heteroatoms. The topological polar surface area (TPSA) is 69.7 Å². The normalized spacial score (nSPS) is 34.6. The molecule has 1 heterocycles. The third kappa shape index (κ3) is 2.08. The first kappa shape index (κ1) is 16.5. The van der Waals surface area contributed by atoms with Crippen LogP contribution in [-0.2, 0) is 30.5 Å². The molecule has 4 unspecified atom stereocenters. The predicted molar refractivity (Wildman–Crippen MR) is 88.4 cm³/mol. The molecule has 1 aromatic carbocycles. The Hall–Kier alpha value is -2.01. The van der Waals surface area contributed by atoms with Crippen molar-refractivity contribution in [1.29, 1.82) is 0 Å². The van der Waals surface area contributed by atoms with Crippen LogP contribution in [0.4, 0.5) is 0 Å². The van der Waals surface area contributed by atoms with Crippen LogP contribution in [0.5, 0.6) is 0 Å². The molecular formula is C20H22O5. The number of rotatable bonds is 6. The fraction of sp³-hybridized carbons (Fsp3) is 0.550. The standard InChI is InChI=1S/C20H22O5/c1-19(2)16-15(22)14(21)13-17(19)25-18(23)20(13,16)9-6-10-24-11-12-7-4-3-5-8-12/h3-5,7-8,13,16-17H,6,9-11H2,1-2H3. The molecule has 0 aromatic heterocycles. The van der Waals surface area contributed by atoms with Gasteiger partial charge >= 0.3 is 5.97 Å². The monoisotopic (exact) mass is 342 g/mol. The lowest BCUT2D eigenvalue weighted by atomic mass is 9.67. The van der Waals surface area contributed by atoms with Crippen molar-refractivity contribution < 1.29 is 23.9 Å². The van der Waals surface area contributed by atoms with Crippen molar-refractivity contribution in [3.05, 3.63) is 35.9 Å². The zero-order valence-corrected chi connectivity index (χ0v) is 14.5. The Balaban J connectivity index is 1.43. The molecule has 0 amide bonds. The van der Waals surface area contributed by atoms with Gasteiger partial charge in [-0.15, -0.1) is 0 Å². The van der Waals surface area contributed by atoms with Crippen molar-refractivity contribution >= 4 is 17.5 Å². The molecule has 2 saturated carbocycles. The smallest absolute Gasteiger partial charge is 0.314 e. The van der Waals surface area contributed by atoms with Crippen LogP contribution in [-0.4, -0.2) is 30.2 Å². The quantitative estimate of drug-likeness (QED) is 0.451. The summed E-state index contributed by atoms with van der Waals surface area (Å²) < 4.78 is 11.2. The van der Waals surface area contributed by atoms with E-state index in [0.29, 0.717) is 26.1 Å². The minimum Gasteiger partial charge on any atom is -0.460 e. The second-order valence-corrected chi connectivity index (χ2v) is 7.97. The molecule has 0 spiro atoms. The molecule has 3 fully saturated rings. The van der Waals surface area contributed by atoms with Crippen molar-refractivity contribution in [2.45, 2.75) is 39.4 Å². The van der Waals surface area contributed by atoms with Crippen LogP contribution in [0.1, 0.15) is 32.3 Å². The van der Waals surface area contributed by atoms with Crippen molar-refractivity contribution in [3.63, 3.8) is 0 Å². The Labute approximate surface area is 146 Å². The molecule has 25 heavy (non-hydrogen) atoms. The molecule has 4 rings (SSSR count). The number of esters is 1. The summed E-state index contributed by atoms with van der Waals surface area (Å²) >= 11 is 0. The van der Waals surface area contributed by atoms with Gasteiger partial charge in [0, 0.05) is 12.0 Å². The number of carbonyl (C=O) groups is 3. The molecule has 2 aliphatic carbocycles. The van der Waals surface area contributed by atoms with Gasteiger partial charge in [-0.1, -0.05) is 44.2 Å². The number of ketones is 2. The molecular weight excluding hydrogens is 320 g/mol. The highest BCUT2D eigenvalue weighted by Crippen LogP contribution is 2.69. The number of ether oxygens (including phenoxy) is 2. The Morgan fingerprint density at radius 3 is 2.48 bits per heavy atom. The fourth-order valence-electron chi connectivity index (χ4n) is 5.27. The average Bonchev–Trinajstić information content (AvgIpc) is 3.07. The summed E-state index contributed by atoms with van der Waals surface area (Å²) in [4.78, 5) is 37.3. The number of hydrogen-bond donors (Lipinski definition) is 0. The highest BCUT2D eigenvalue weighted by atomic mass is 16.6. The second kappa shape index (κ2) is 5.49. The summed E-state index contributed by atoms with van der Waals surface area (Å²) in [6.07, 6.45) is 0.631. The summed E-state index contributed by atoms with van der Waals surface area (Å²) in [7, 11) is 0. The van der Waals surface area contributed by atoms with Gasteiger partial charge in [-0.3, -0.25) is 14.4 Å². The van der Waals surface area contributed by atoms with Gasteiger partial charge in [-0.05, 0) is 18.4 Å². The van der Waals surface area contributed by atoms with Crippen LogP contribution in [0.15, 0.2) is 30.3 Å². The predicted octanol–water partition coefficient (Wildman–Crippen LogP) is 2.32. The molecule has 0 N–H and O–H groups in total. The molecule has 5 nitrogen and oxygen atoms in total. The van der Waals surface area contributed by atoms with Gasteiger partial charge in [0.25, 0.3) is 0 Å². The molecule has 4 atom stereocenters. The Morgan fingerprint density at radius 2 is 1.80 bits per heavy atom. The van der Waals surface area contributed by atoms with Gasteiger partial charge in [0.2, 0.25) is 11.6 Å². The van der Waals surface area contributed by atoms with E-state index in [1.54, 1.807) is 0 Å². The maximum Gasteiger partial charge on any atom is 0.314 e. The lowest BCUT2D eigenvalue weighted by Crippen LogP contribution is -2.50. The van der Waals surface area contributed by atoms with E-state index in [1.807, 2.05) is 44.2 Å². The molecule has 1 saturated heterocycles. The van der Waals surface area contributed by atoms with Gasteiger partial charge < -0.3 is 9.47 Å².